The van der Waals surface area contributed by atoms with Crippen molar-refractivity contribution in [1.29, 1.82) is 0 Å². The molecule has 0 bridgehead atoms. The summed E-state index contributed by atoms with van der Waals surface area (Å²) in [4.78, 5) is 28.7. The molecule has 0 aliphatic carbocycles. The van der Waals surface area contributed by atoms with Gasteiger partial charge in [-0.15, -0.1) is 11.3 Å². The number of anilines is 1. The van der Waals surface area contributed by atoms with E-state index in [2.05, 4.69) is 16.8 Å². The number of amides is 2. The largest absolute Gasteiger partial charge is 0.334 e. The zero-order valence-corrected chi connectivity index (χ0v) is 17.0. The van der Waals surface area contributed by atoms with E-state index in [1.165, 1.54) is 16.5 Å². The summed E-state index contributed by atoms with van der Waals surface area (Å²) in [6, 6.07) is 17.2. The van der Waals surface area contributed by atoms with E-state index in [1.807, 2.05) is 60.4 Å². The Kier molecular flexibility index (Phi) is 5.58. The number of thiophene rings is 1. The topological polar surface area (TPSA) is 49.4 Å². The third-order valence-corrected chi connectivity index (χ3v) is 6.17. The highest BCUT2D eigenvalue weighted by Gasteiger charge is 2.24. The number of benzene rings is 2. The molecule has 0 saturated heterocycles. The first-order valence-corrected chi connectivity index (χ1v) is 10.5. The molecule has 0 atom stereocenters. The summed E-state index contributed by atoms with van der Waals surface area (Å²) in [5.41, 5.74) is 4.28. The quantitative estimate of drug-likeness (QED) is 0.631. The van der Waals surface area contributed by atoms with Gasteiger partial charge in [0.05, 0.1) is 0 Å². The lowest BCUT2D eigenvalue weighted by Gasteiger charge is -2.28. The smallest absolute Gasteiger partial charge is 0.254 e. The molecule has 0 spiro atoms. The number of fused-ring (bicyclic) bond motifs is 1. The predicted molar refractivity (Wildman–Crippen MR) is 118 cm³/mol. The fourth-order valence-electron chi connectivity index (χ4n) is 3.51. The third-order valence-electron chi connectivity index (χ3n) is 5.14. The molecule has 5 heteroatoms. The van der Waals surface area contributed by atoms with Crippen molar-refractivity contribution in [2.45, 2.75) is 19.9 Å². The Labute approximate surface area is 174 Å². The molecule has 0 unspecified atom stereocenters. The minimum atomic E-state index is -0.220. The Hall–Kier alpha value is -3.18. The highest BCUT2D eigenvalue weighted by molar-refractivity contribution is 7.10. The molecule has 3 aromatic rings. The van der Waals surface area contributed by atoms with Gasteiger partial charge in [-0.25, -0.2) is 0 Å². The normalized spacial score (nSPS) is 13.3. The lowest BCUT2D eigenvalue weighted by atomic mass is 10.0. The van der Waals surface area contributed by atoms with Crippen molar-refractivity contribution >= 4 is 34.9 Å². The van der Waals surface area contributed by atoms with Gasteiger partial charge >= 0.3 is 0 Å². The minimum Gasteiger partial charge on any atom is -0.334 e. The van der Waals surface area contributed by atoms with Crippen LogP contribution in [0.3, 0.4) is 0 Å². The highest BCUT2D eigenvalue weighted by Crippen LogP contribution is 2.27. The number of carbonyl (C=O) groups excluding carboxylic acids is 2. The molecule has 0 radical (unpaired) electrons. The lowest BCUT2D eigenvalue weighted by Crippen LogP contribution is -2.35. The van der Waals surface area contributed by atoms with Gasteiger partial charge in [-0.1, -0.05) is 36.4 Å². The maximum absolute atomic E-state index is 13.1. The molecule has 2 heterocycles. The Morgan fingerprint density at radius 2 is 1.90 bits per heavy atom. The fraction of sp³-hybridized carbons (Fsp3) is 0.167. The van der Waals surface area contributed by atoms with Crippen LogP contribution in [0, 0.1) is 6.92 Å². The number of rotatable bonds is 4. The number of hydrogen-bond acceptors (Lipinski definition) is 3. The second-order valence-corrected chi connectivity index (χ2v) is 8.06. The standard InChI is InChI=1S/C24H22N2O2S/c1-17-20(24(28)26-14-12-22-19(16-26)13-15-29-22)8-5-9-21(17)25-23(27)11-10-18-6-3-2-4-7-18/h2-11,13,15H,12,14,16H2,1H3,(H,25,27). The molecule has 1 aromatic heterocycles. The van der Waals surface area contributed by atoms with Gasteiger partial charge in [0.15, 0.2) is 0 Å². The minimum absolute atomic E-state index is 0.00952. The molecule has 4 rings (SSSR count). The van der Waals surface area contributed by atoms with E-state index in [1.54, 1.807) is 17.4 Å². The molecule has 0 saturated carbocycles. The van der Waals surface area contributed by atoms with E-state index in [0.717, 1.165) is 24.1 Å². The molecule has 29 heavy (non-hydrogen) atoms. The molecular weight excluding hydrogens is 380 g/mol. The van der Waals surface area contributed by atoms with Gasteiger partial charge in [-0.2, -0.15) is 0 Å². The van der Waals surface area contributed by atoms with E-state index >= 15 is 0 Å². The maximum Gasteiger partial charge on any atom is 0.254 e. The summed E-state index contributed by atoms with van der Waals surface area (Å²) < 4.78 is 0. The number of carbonyl (C=O) groups is 2. The summed E-state index contributed by atoms with van der Waals surface area (Å²) in [5.74, 6) is -0.210. The van der Waals surface area contributed by atoms with E-state index in [0.29, 0.717) is 17.8 Å². The number of hydrogen-bond donors (Lipinski definition) is 1. The molecule has 2 amide bonds. The molecule has 0 fully saturated rings. The maximum atomic E-state index is 13.1. The van der Waals surface area contributed by atoms with E-state index < -0.39 is 0 Å². The molecular formula is C24H22N2O2S. The predicted octanol–water partition coefficient (Wildman–Crippen LogP) is 4.91. The molecule has 1 N–H and O–H groups in total. The van der Waals surface area contributed by atoms with Crippen molar-refractivity contribution in [3.63, 3.8) is 0 Å². The number of nitrogens with one attached hydrogen (secondary N) is 1. The summed E-state index contributed by atoms with van der Waals surface area (Å²) in [6.07, 6.45) is 4.18. The second-order valence-electron chi connectivity index (χ2n) is 7.06. The zero-order chi connectivity index (χ0) is 20.2. The Morgan fingerprint density at radius 1 is 1.07 bits per heavy atom. The second kappa shape index (κ2) is 8.45. The van der Waals surface area contributed by atoms with Crippen molar-refractivity contribution < 1.29 is 9.59 Å². The average molecular weight is 403 g/mol. The van der Waals surface area contributed by atoms with Crippen molar-refractivity contribution in [2.24, 2.45) is 0 Å². The van der Waals surface area contributed by atoms with Gasteiger partial charge in [0, 0.05) is 35.3 Å². The van der Waals surface area contributed by atoms with Gasteiger partial charge in [0.1, 0.15) is 0 Å². The summed E-state index contributed by atoms with van der Waals surface area (Å²) >= 11 is 1.76. The number of nitrogens with zero attached hydrogens (tertiary/aromatic N) is 1. The van der Waals surface area contributed by atoms with Crippen LogP contribution in [0.5, 0.6) is 0 Å². The monoisotopic (exact) mass is 402 g/mol. The Morgan fingerprint density at radius 3 is 2.72 bits per heavy atom. The van der Waals surface area contributed by atoms with Crippen molar-refractivity contribution in [3.8, 4) is 0 Å². The summed E-state index contributed by atoms with van der Waals surface area (Å²) in [7, 11) is 0. The molecule has 4 nitrogen and oxygen atoms in total. The van der Waals surface area contributed by atoms with Crippen LogP contribution in [0.15, 0.2) is 66.1 Å². The van der Waals surface area contributed by atoms with Gasteiger partial charge < -0.3 is 10.2 Å². The summed E-state index contributed by atoms with van der Waals surface area (Å²) in [5, 5.41) is 4.98. The van der Waals surface area contributed by atoms with Crippen LogP contribution < -0.4 is 5.32 Å². The Bertz CT molecular complexity index is 1070. The van der Waals surface area contributed by atoms with Gasteiger partial charge in [0.2, 0.25) is 5.91 Å². The molecule has 2 aromatic carbocycles. The molecule has 1 aliphatic heterocycles. The average Bonchev–Trinajstić information content (AvgIpc) is 3.22. The van der Waals surface area contributed by atoms with Crippen molar-refractivity contribution in [2.75, 3.05) is 11.9 Å². The fourth-order valence-corrected chi connectivity index (χ4v) is 4.40. The highest BCUT2D eigenvalue weighted by atomic mass is 32.1. The Balaban J connectivity index is 1.48. The summed E-state index contributed by atoms with van der Waals surface area (Å²) in [6.45, 7) is 3.25. The molecule has 1 aliphatic rings. The van der Waals surface area contributed by atoms with E-state index in [-0.39, 0.29) is 11.8 Å². The van der Waals surface area contributed by atoms with Crippen molar-refractivity contribution in [3.05, 3.63) is 93.2 Å². The lowest BCUT2D eigenvalue weighted by molar-refractivity contribution is -0.111. The van der Waals surface area contributed by atoms with Crippen LogP contribution in [0.4, 0.5) is 5.69 Å². The van der Waals surface area contributed by atoms with Crippen LogP contribution in [0.25, 0.3) is 6.08 Å². The van der Waals surface area contributed by atoms with Crippen LogP contribution in [0.2, 0.25) is 0 Å². The van der Waals surface area contributed by atoms with Crippen LogP contribution in [0.1, 0.15) is 31.9 Å². The first-order chi connectivity index (χ1) is 14.1. The van der Waals surface area contributed by atoms with Gasteiger partial charge in [-0.3, -0.25) is 9.59 Å². The van der Waals surface area contributed by atoms with Crippen LogP contribution in [-0.2, 0) is 17.8 Å². The zero-order valence-electron chi connectivity index (χ0n) is 16.2. The SMILES string of the molecule is Cc1c(NC(=O)C=Cc2ccccc2)cccc1C(=O)N1CCc2sccc2C1. The van der Waals surface area contributed by atoms with Crippen LogP contribution >= 0.6 is 11.3 Å². The van der Waals surface area contributed by atoms with Crippen molar-refractivity contribution in [1.82, 2.24) is 4.90 Å². The first kappa shape index (κ1) is 19.2. The van der Waals surface area contributed by atoms with Gasteiger partial charge in [0.25, 0.3) is 5.91 Å². The van der Waals surface area contributed by atoms with Crippen LogP contribution in [-0.4, -0.2) is 23.3 Å². The van der Waals surface area contributed by atoms with E-state index in [4.69, 9.17) is 0 Å². The third kappa shape index (κ3) is 4.30. The van der Waals surface area contributed by atoms with Gasteiger partial charge in [-0.05, 0) is 59.7 Å². The molecule has 146 valence electrons. The van der Waals surface area contributed by atoms with E-state index in [9.17, 15) is 9.59 Å². The first-order valence-electron chi connectivity index (χ1n) is 9.60.